The Bertz CT molecular complexity index is 223. The largest absolute Gasteiger partial charge is 0.356 e. The molecule has 0 heterocycles. The first-order chi connectivity index (χ1) is 8.24. The van der Waals surface area contributed by atoms with E-state index in [-0.39, 0.29) is 17.9 Å². The molecule has 0 aliphatic heterocycles. The first-order valence-electron chi connectivity index (χ1n) is 6.76. The molecule has 100 valence electrons. The number of amides is 1. The van der Waals surface area contributed by atoms with Crippen LogP contribution in [-0.2, 0) is 4.79 Å². The van der Waals surface area contributed by atoms with Gasteiger partial charge in [0.1, 0.15) is 0 Å². The van der Waals surface area contributed by atoms with Crippen LogP contribution in [0.25, 0.3) is 0 Å². The van der Waals surface area contributed by atoms with Crippen molar-refractivity contribution in [1.82, 2.24) is 5.32 Å². The van der Waals surface area contributed by atoms with Crippen LogP contribution in [-0.4, -0.2) is 30.5 Å². The quantitative estimate of drug-likeness (QED) is 0.656. The highest BCUT2D eigenvalue weighted by Gasteiger charge is 2.27. The smallest absolute Gasteiger partial charge is 0.223 e. The Kier molecular flexibility index (Phi) is 7.69. The molecule has 3 N–H and O–H groups in total. The van der Waals surface area contributed by atoms with Gasteiger partial charge in [-0.15, -0.1) is 0 Å². The lowest BCUT2D eigenvalue weighted by Gasteiger charge is -2.10. The Morgan fingerprint density at radius 1 is 1.29 bits per heavy atom. The van der Waals surface area contributed by atoms with Crippen molar-refractivity contribution in [2.24, 2.45) is 11.7 Å². The summed E-state index contributed by atoms with van der Waals surface area (Å²) in [7, 11) is 0. The van der Waals surface area contributed by atoms with Crippen LogP contribution in [0.4, 0.5) is 0 Å². The summed E-state index contributed by atoms with van der Waals surface area (Å²) < 4.78 is 0. The number of nitrogens with two attached hydrogens (primary N) is 1. The van der Waals surface area contributed by atoms with Gasteiger partial charge in [0.25, 0.3) is 0 Å². The molecule has 0 radical (unpaired) electrons. The molecule has 0 bridgehead atoms. The monoisotopic (exact) mass is 258 g/mol. The van der Waals surface area contributed by atoms with E-state index in [1.54, 1.807) is 0 Å². The average Bonchev–Trinajstić information content (AvgIpc) is 2.74. The number of carbonyl (C=O) groups is 1. The Balaban J connectivity index is 1.93. The molecular weight excluding hydrogens is 232 g/mol. The zero-order chi connectivity index (χ0) is 12.5. The molecule has 0 aromatic heterocycles. The summed E-state index contributed by atoms with van der Waals surface area (Å²) in [4.78, 5) is 11.8. The fraction of sp³-hybridized carbons (Fsp3) is 0.923. The maximum atomic E-state index is 11.8. The van der Waals surface area contributed by atoms with Crippen molar-refractivity contribution in [2.45, 2.75) is 51.0 Å². The standard InChI is InChI=1S/C13H26N2OS/c1-17-9-5-3-2-4-8-15-13(16)11-6-7-12(14)10-11/h11-12H,2-10,14H2,1H3,(H,15,16). The number of unbranched alkanes of at least 4 members (excludes halogenated alkanes) is 3. The number of carbonyl (C=O) groups excluding carboxylic acids is 1. The zero-order valence-electron chi connectivity index (χ0n) is 10.9. The summed E-state index contributed by atoms with van der Waals surface area (Å²) in [5.41, 5.74) is 5.80. The van der Waals surface area contributed by atoms with E-state index in [1.807, 2.05) is 11.8 Å². The van der Waals surface area contributed by atoms with E-state index in [0.717, 1.165) is 32.2 Å². The second-order valence-electron chi connectivity index (χ2n) is 4.97. The third-order valence-corrected chi connectivity index (χ3v) is 4.12. The van der Waals surface area contributed by atoms with Crippen molar-refractivity contribution in [3.05, 3.63) is 0 Å². The van der Waals surface area contributed by atoms with Crippen LogP contribution in [0.5, 0.6) is 0 Å². The highest BCUT2D eigenvalue weighted by Crippen LogP contribution is 2.23. The molecule has 1 fully saturated rings. The average molecular weight is 258 g/mol. The molecule has 0 spiro atoms. The van der Waals surface area contributed by atoms with E-state index in [9.17, 15) is 4.79 Å². The molecule has 0 saturated heterocycles. The minimum Gasteiger partial charge on any atom is -0.356 e. The van der Waals surface area contributed by atoms with E-state index >= 15 is 0 Å². The molecule has 1 amide bonds. The van der Waals surface area contributed by atoms with Crippen LogP contribution < -0.4 is 11.1 Å². The minimum absolute atomic E-state index is 0.182. The van der Waals surface area contributed by atoms with Gasteiger partial charge >= 0.3 is 0 Å². The Morgan fingerprint density at radius 3 is 2.71 bits per heavy atom. The SMILES string of the molecule is CSCCCCCCNC(=O)C1CCC(N)C1. The third kappa shape index (κ3) is 6.32. The number of thioether (sulfide) groups is 1. The van der Waals surface area contributed by atoms with E-state index in [0.29, 0.717) is 0 Å². The van der Waals surface area contributed by atoms with Gasteiger partial charge in [0, 0.05) is 18.5 Å². The second kappa shape index (κ2) is 8.81. The van der Waals surface area contributed by atoms with Crippen LogP contribution in [0.1, 0.15) is 44.9 Å². The second-order valence-corrected chi connectivity index (χ2v) is 5.95. The van der Waals surface area contributed by atoms with E-state index in [2.05, 4.69) is 11.6 Å². The summed E-state index contributed by atoms with van der Waals surface area (Å²) in [6.07, 6.45) is 9.92. The molecule has 1 rings (SSSR count). The number of hydrogen-bond acceptors (Lipinski definition) is 3. The van der Waals surface area contributed by atoms with Crippen LogP contribution in [0.3, 0.4) is 0 Å². The fourth-order valence-corrected chi connectivity index (χ4v) is 2.83. The molecule has 2 atom stereocenters. The maximum Gasteiger partial charge on any atom is 0.223 e. The van der Waals surface area contributed by atoms with E-state index in [1.165, 1.54) is 25.0 Å². The Labute approximate surface area is 109 Å². The van der Waals surface area contributed by atoms with Gasteiger partial charge < -0.3 is 11.1 Å². The van der Waals surface area contributed by atoms with Gasteiger partial charge in [-0.05, 0) is 44.1 Å². The molecule has 17 heavy (non-hydrogen) atoms. The summed E-state index contributed by atoms with van der Waals surface area (Å²) in [6, 6.07) is 0.247. The maximum absolute atomic E-state index is 11.8. The number of rotatable bonds is 8. The molecule has 1 aliphatic rings. The minimum atomic E-state index is 0.182. The van der Waals surface area contributed by atoms with Crippen molar-refractivity contribution in [2.75, 3.05) is 18.6 Å². The number of hydrogen-bond donors (Lipinski definition) is 2. The first kappa shape index (κ1) is 14.8. The molecule has 4 heteroatoms. The third-order valence-electron chi connectivity index (χ3n) is 3.42. The zero-order valence-corrected chi connectivity index (χ0v) is 11.7. The molecule has 1 saturated carbocycles. The topological polar surface area (TPSA) is 55.1 Å². The summed E-state index contributed by atoms with van der Waals surface area (Å²) in [6.45, 7) is 0.837. The summed E-state index contributed by atoms with van der Waals surface area (Å²) in [5, 5.41) is 3.04. The lowest BCUT2D eigenvalue weighted by molar-refractivity contribution is -0.124. The molecule has 0 aromatic rings. The molecular formula is C13H26N2OS. The predicted molar refractivity (Wildman–Crippen MR) is 75.2 cm³/mol. The lowest BCUT2D eigenvalue weighted by atomic mass is 10.1. The van der Waals surface area contributed by atoms with Crippen LogP contribution in [0.15, 0.2) is 0 Å². The van der Waals surface area contributed by atoms with Crippen molar-refractivity contribution >= 4 is 17.7 Å². The molecule has 3 nitrogen and oxygen atoms in total. The molecule has 0 aromatic carbocycles. The van der Waals surface area contributed by atoms with Crippen molar-refractivity contribution in [1.29, 1.82) is 0 Å². The van der Waals surface area contributed by atoms with Gasteiger partial charge in [-0.3, -0.25) is 4.79 Å². The van der Waals surface area contributed by atoms with E-state index in [4.69, 9.17) is 5.73 Å². The van der Waals surface area contributed by atoms with Gasteiger partial charge in [0.05, 0.1) is 0 Å². The van der Waals surface area contributed by atoms with Crippen LogP contribution in [0.2, 0.25) is 0 Å². The van der Waals surface area contributed by atoms with Gasteiger partial charge in [-0.2, -0.15) is 11.8 Å². The highest BCUT2D eigenvalue weighted by molar-refractivity contribution is 7.98. The van der Waals surface area contributed by atoms with Gasteiger partial charge in [-0.1, -0.05) is 12.8 Å². The van der Waals surface area contributed by atoms with Gasteiger partial charge in [0.15, 0.2) is 0 Å². The first-order valence-corrected chi connectivity index (χ1v) is 8.15. The van der Waals surface area contributed by atoms with Crippen LogP contribution >= 0.6 is 11.8 Å². The fourth-order valence-electron chi connectivity index (χ4n) is 2.34. The van der Waals surface area contributed by atoms with Crippen molar-refractivity contribution in [3.63, 3.8) is 0 Å². The lowest BCUT2D eigenvalue weighted by Crippen LogP contribution is -2.31. The van der Waals surface area contributed by atoms with Crippen molar-refractivity contribution < 1.29 is 4.79 Å². The number of nitrogens with one attached hydrogen (secondary N) is 1. The molecule has 1 aliphatic carbocycles. The van der Waals surface area contributed by atoms with E-state index < -0.39 is 0 Å². The summed E-state index contributed by atoms with van der Waals surface area (Å²) in [5.74, 6) is 1.66. The van der Waals surface area contributed by atoms with Crippen LogP contribution in [0, 0.1) is 5.92 Å². The summed E-state index contributed by atoms with van der Waals surface area (Å²) >= 11 is 1.91. The Morgan fingerprint density at radius 2 is 2.06 bits per heavy atom. The Hall–Kier alpha value is -0.220. The van der Waals surface area contributed by atoms with Gasteiger partial charge in [-0.25, -0.2) is 0 Å². The normalized spacial score (nSPS) is 23.9. The van der Waals surface area contributed by atoms with Gasteiger partial charge in [0.2, 0.25) is 5.91 Å². The molecule has 2 unspecified atom stereocenters. The predicted octanol–water partition coefficient (Wildman–Crippen LogP) is 2.15. The van der Waals surface area contributed by atoms with Crippen molar-refractivity contribution in [3.8, 4) is 0 Å². The highest BCUT2D eigenvalue weighted by atomic mass is 32.2.